The van der Waals surface area contributed by atoms with Gasteiger partial charge < -0.3 is 5.11 Å². The van der Waals surface area contributed by atoms with E-state index in [1.807, 2.05) is 12.3 Å². The molecule has 0 saturated heterocycles. The third kappa shape index (κ3) is 3.29. The van der Waals surface area contributed by atoms with Gasteiger partial charge in [0.1, 0.15) is 0 Å². The summed E-state index contributed by atoms with van der Waals surface area (Å²) in [6.45, 7) is 4.38. The van der Waals surface area contributed by atoms with Gasteiger partial charge in [-0.3, -0.25) is 4.98 Å². The van der Waals surface area contributed by atoms with Crippen molar-refractivity contribution in [1.29, 1.82) is 0 Å². The topological polar surface area (TPSA) is 33.1 Å². The molecule has 1 N–H and O–H groups in total. The largest absolute Gasteiger partial charge is 0.392 e. The first kappa shape index (κ1) is 12.6. The normalized spacial score (nSPS) is 26.8. The van der Waals surface area contributed by atoms with E-state index in [4.69, 9.17) is 0 Å². The van der Waals surface area contributed by atoms with Crippen LogP contribution >= 0.6 is 0 Å². The molecular formula is C15H23NO. The average molecular weight is 233 g/mol. The smallest absolute Gasteiger partial charge is 0.0623 e. The van der Waals surface area contributed by atoms with Crippen molar-refractivity contribution in [3.63, 3.8) is 0 Å². The highest BCUT2D eigenvalue weighted by molar-refractivity contribution is 5.18. The number of pyridine rings is 1. The number of aliphatic hydroxyl groups excluding tert-OH is 1. The SMILES string of the molecule is Cc1cccnc1CC(O)C1CCC(C)CC1. The fraction of sp³-hybridized carbons (Fsp3) is 0.667. The molecule has 1 aliphatic rings. The van der Waals surface area contributed by atoms with E-state index in [1.54, 1.807) is 0 Å². The van der Waals surface area contributed by atoms with Crippen molar-refractivity contribution in [2.45, 2.75) is 52.1 Å². The molecule has 1 heterocycles. The third-order valence-electron chi connectivity index (χ3n) is 4.13. The molecule has 0 spiro atoms. The number of aromatic nitrogens is 1. The second-order valence-electron chi connectivity index (χ2n) is 5.56. The van der Waals surface area contributed by atoms with Crippen molar-refractivity contribution in [3.05, 3.63) is 29.6 Å². The lowest BCUT2D eigenvalue weighted by Gasteiger charge is -2.29. The van der Waals surface area contributed by atoms with Crippen molar-refractivity contribution < 1.29 is 5.11 Å². The molecule has 94 valence electrons. The predicted octanol–water partition coefficient (Wildman–Crippen LogP) is 3.12. The highest BCUT2D eigenvalue weighted by atomic mass is 16.3. The van der Waals surface area contributed by atoms with E-state index in [-0.39, 0.29) is 6.10 Å². The number of rotatable bonds is 3. The Kier molecular flexibility index (Phi) is 4.16. The molecule has 1 saturated carbocycles. The van der Waals surface area contributed by atoms with Gasteiger partial charge in [-0.1, -0.05) is 25.8 Å². The van der Waals surface area contributed by atoms with Crippen LogP contribution in [0, 0.1) is 18.8 Å². The molecular weight excluding hydrogens is 210 g/mol. The van der Waals surface area contributed by atoms with Gasteiger partial charge in [0.25, 0.3) is 0 Å². The Hall–Kier alpha value is -0.890. The second kappa shape index (κ2) is 5.63. The second-order valence-corrected chi connectivity index (χ2v) is 5.56. The van der Waals surface area contributed by atoms with Gasteiger partial charge in [0.2, 0.25) is 0 Å². The maximum atomic E-state index is 10.3. The zero-order chi connectivity index (χ0) is 12.3. The molecule has 0 amide bonds. The first-order valence-electron chi connectivity index (χ1n) is 6.75. The van der Waals surface area contributed by atoms with E-state index < -0.39 is 0 Å². The van der Waals surface area contributed by atoms with Crippen molar-refractivity contribution >= 4 is 0 Å². The minimum absolute atomic E-state index is 0.212. The molecule has 0 aliphatic heterocycles. The first-order chi connectivity index (χ1) is 8.16. The van der Waals surface area contributed by atoms with Crippen molar-refractivity contribution in [2.24, 2.45) is 11.8 Å². The van der Waals surface area contributed by atoms with Crippen LogP contribution in [0.4, 0.5) is 0 Å². The standard InChI is InChI=1S/C15H23NO/c1-11-5-7-13(8-6-11)15(17)10-14-12(2)4-3-9-16-14/h3-4,9,11,13,15,17H,5-8,10H2,1-2H3. The van der Waals surface area contributed by atoms with Crippen LogP contribution in [0.3, 0.4) is 0 Å². The number of hydrogen-bond acceptors (Lipinski definition) is 2. The lowest BCUT2D eigenvalue weighted by Crippen LogP contribution is -2.27. The Balaban J connectivity index is 1.93. The van der Waals surface area contributed by atoms with Gasteiger partial charge in [0.15, 0.2) is 0 Å². The predicted molar refractivity (Wildman–Crippen MR) is 69.8 cm³/mol. The van der Waals surface area contributed by atoms with Crippen LogP contribution in [0.1, 0.15) is 43.9 Å². The van der Waals surface area contributed by atoms with E-state index in [1.165, 1.54) is 31.2 Å². The average Bonchev–Trinajstić information content (AvgIpc) is 2.33. The van der Waals surface area contributed by atoms with E-state index in [0.717, 1.165) is 11.6 Å². The highest BCUT2D eigenvalue weighted by Gasteiger charge is 2.25. The fourth-order valence-electron chi connectivity index (χ4n) is 2.77. The Morgan fingerprint density at radius 3 is 2.71 bits per heavy atom. The Morgan fingerprint density at radius 1 is 1.35 bits per heavy atom. The van der Waals surface area contributed by atoms with Crippen LogP contribution in [0.2, 0.25) is 0 Å². The number of aryl methyl sites for hydroxylation is 1. The molecule has 1 aromatic rings. The van der Waals surface area contributed by atoms with Gasteiger partial charge in [-0.2, -0.15) is 0 Å². The summed E-state index contributed by atoms with van der Waals surface area (Å²) in [5.74, 6) is 1.32. The minimum atomic E-state index is -0.212. The lowest BCUT2D eigenvalue weighted by atomic mass is 9.79. The molecule has 2 nitrogen and oxygen atoms in total. The zero-order valence-electron chi connectivity index (χ0n) is 10.9. The first-order valence-corrected chi connectivity index (χ1v) is 6.75. The van der Waals surface area contributed by atoms with Gasteiger partial charge in [0, 0.05) is 18.3 Å². The van der Waals surface area contributed by atoms with Crippen LogP contribution in [0.25, 0.3) is 0 Å². The summed E-state index contributed by atoms with van der Waals surface area (Å²) in [4.78, 5) is 4.37. The minimum Gasteiger partial charge on any atom is -0.392 e. The van der Waals surface area contributed by atoms with Gasteiger partial charge >= 0.3 is 0 Å². The Morgan fingerprint density at radius 2 is 2.06 bits per heavy atom. The molecule has 0 radical (unpaired) electrons. The van der Waals surface area contributed by atoms with Crippen LogP contribution < -0.4 is 0 Å². The third-order valence-corrected chi connectivity index (χ3v) is 4.13. The molecule has 2 rings (SSSR count). The highest BCUT2D eigenvalue weighted by Crippen LogP contribution is 2.31. The van der Waals surface area contributed by atoms with Gasteiger partial charge in [-0.25, -0.2) is 0 Å². The molecule has 0 aromatic carbocycles. The van der Waals surface area contributed by atoms with E-state index in [9.17, 15) is 5.11 Å². The number of aliphatic hydroxyl groups is 1. The monoisotopic (exact) mass is 233 g/mol. The summed E-state index contributed by atoms with van der Waals surface area (Å²) >= 11 is 0. The van der Waals surface area contributed by atoms with Crippen molar-refractivity contribution in [3.8, 4) is 0 Å². The van der Waals surface area contributed by atoms with Crippen molar-refractivity contribution in [2.75, 3.05) is 0 Å². The summed E-state index contributed by atoms with van der Waals surface area (Å²) in [5, 5.41) is 10.3. The van der Waals surface area contributed by atoms with E-state index in [0.29, 0.717) is 12.3 Å². The summed E-state index contributed by atoms with van der Waals surface area (Å²) < 4.78 is 0. The quantitative estimate of drug-likeness (QED) is 0.870. The molecule has 1 atom stereocenters. The summed E-state index contributed by atoms with van der Waals surface area (Å²) in [7, 11) is 0. The van der Waals surface area contributed by atoms with Crippen LogP contribution in [0.15, 0.2) is 18.3 Å². The maximum Gasteiger partial charge on any atom is 0.0623 e. The number of hydrogen-bond donors (Lipinski definition) is 1. The van der Waals surface area contributed by atoms with Crippen LogP contribution in [-0.2, 0) is 6.42 Å². The Bertz CT molecular complexity index is 356. The molecule has 2 heteroatoms. The van der Waals surface area contributed by atoms with Crippen molar-refractivity contribution in [1.82, 2.24) is 4.98 Å². The Labute approximate surface area is 104 Å². The van der Waals surface area contributed by atoms with Crippen LogP contribution in [-0.4, -0.2) is 16.2 Å². The summed E-state index contributed by atoms with van der Waals surface area (Å²) in [6, 6.07) is 4.02. The lowest BCUT2D eigenvalue weighted by molar-refractivity contribution is 0.0752. The van der Waals surface area contributed by atoms with Crippen LogP contribution in [0.5, 0.6) is 0 Å². The summed E-state index contributed by atoms with van der Waals surface area (Å²) in [5.41, 5.74) is 2.24. The van der Waals surface area contributed by atoms with E-state index >= 15 is 0 Å². The van der Waals surface area contributed by atoms with Gasteiger partial charge in [-0.15, -0.1) is 0 Å². The molecule has 0 bridgehead atoms. The molecule has 1 unspecified atom stereocenters. The number of nitrogens with zero attached hydrogens (tertiary/aromatic N) is 1. The maximum absolute atomic E-state index is 10.3. The molecule has 1 aliphatic carbocycles. The zero-order valence-corrected chi connectivity index (χ0v) is 10.9. The molecule has 1 fully saturated rings. The van der Waals surface area contributed by atoms with E-state index in [2.05, 4.69) is 24.9 Å². The molecule has 17 heavy (non-hydrogen) atoms. The molecule has 1 aromatic heterocycles. The van der Waals surface area contributed by atoms with Gasteiger partial charge in [0.05, 0.1) is 6.10 Å². The summed E-state index contributed by atoms with van der Waals surface area (Å²) in [6.07, 6.45) is 7.20. The van der Waals surface area contributed by atoms with Gasteiger partial charge in [-0.05, 0) is 43.2 Å². The fourth-order valence-corrected chi connectivity index (χ4v) is 2.77.